The van der Waals surface area contributed by atoms with Crippen molar-refractivity contribution >= 4 is 28.5 Å². The number of aromatic nitrogens is 1. The van der Waals surface area contributed by atoms with Crippen LogP contribution in [0, 0.1) is 5.92 Å². The van der Waals surface area contributed by atoms with Crippen molar-refractivity contribution in [2.24, 2.45) is 5.92 Å². The molecule has 0 bridgehead atoms. The second-order valence-corrected chi connectivity index (χ2v) is 7.05. The molecule has 0 saturated carbocycles. The lowest BCUT2D eigenvalue weighted by Crippen LogP contribution is -2.46. The summed E-state index contributed by atoms with van der Waals surface area (Å²) >= 11 is 1.33. The number of carbonyl (C=O) groups excluding carboxylic acids is 2. The standard InChI is InChI=1S/C14H23N3O3S/c1-9(2)8-10(16-13(19)20-14(3,4)5)11(18)17-12-15-6-7-21-12/h6-7,9-10H,8H2,1-5H3,(H,16,19)(H,15,17,18)/t10-/m0/s1. The van der Waals surface area contributed by atoms with E-state index in [4.69, 9.17) is 4.74 Å². The number of nitrogens with zero attached hydrogens (tertiary/aromatic N) is 1. The van der Waals surface area contributed by atoms with Crippen LogP contribution in [0.2, 0.25) is 0 Å². The molecule has 7 heteroatoms. The lowest BCUT2D eigenvalue weighted by atomic mass is 10.0. The van der Waals surface area contributed by atoms with Gasteiger partial charge in [0.25, 0.3) is 0 Å². The number of carbonyl (C=O) groups is 2. The Labute approximate surface area is 129 Å². The van der Waals surface area contributed by atoms with Gasteiger partial charge >= 0.3 is 6.09 Å². The zero-order valence-electron chi connectivity index (χ0n) is 13.1. The molecule has 0 unspecified atom stereocenters. The Morgan fingerprint density at radius 1 is 1.38 bits per heavy atom. The molecule has 21 heavy (non-hydrogen) atoms. The molecule has 0 fully saturated rings. The van der Waals surface area contributed by atoms with Crippen molar-refractivity contribution in [3.05, 3.63) is 11.6 Å². The Balaban J connectivity index is 2.66. The van der Waals surface area contributed by atoms with E-state index < -0.39 is 17.7 Å². The summed E-state index contributed by atoms with van der Waals surface area (Å²) in [6.45, 7) is 9.31. The summed E-state index contributed by atoms with van der Waals surface area (Å²) in [4.78, 5) is 28.1. The van der Waals surface area contributed by atoms with E-state index in [1.165, 1.54) is 11.3 Å². The molecule has 0 aliphatic rings. The molecule has 2 N–H and O–H groups in total. The van der Waals surface area contributed by atoms with Crippen LogP contribution in [0.25, 0.3) is 0 Å². The minimum Gasteiger partial charge on any atom is -0.444 e. The molecule has 1 atom stereocenters. The van der Waals surface area contributed by atoms with Crippen molar-refractivity contribution in [1.82, 2.24) is 10.3 Å². The lowest BCUT2D eigenvalue weighted by Gasteiger charge is -2.23. The number of anilines is 1. The van der Waals surface area contributed by atoms with E-state index >= 15 is 0 Å². The van der Waals surface area contributed by atoms with E-state index in [9.17, 15) is 9.59 Å². The monoisotopic (exact) mass is 313 g/mol. The first-order valence-electron chi connectivity index (χ1n) is 6.87. The number of nitrogens with one attached hydrogen (secondary N) is 2. The molecule has 1 rings (SSSR count). The first-order chi connectivity index (χ1) is 9.67. The maximum Gasteiger partial charge on any atom is 0.408 e. The Kier molecular flexibility index (Phi) is 6.14. The van der Waals surface area contributed by atoms with Gasteiger partial charge in [-0.05, 0) is 33.1 Å². The molecule has 6 nitrogen and oxygen atoms in total. The van der Waals surface area contributed by atoms with E-state index in [0.717, 1.165) is 0 Å². The Morgan fingerprint density at radius 2 is 2.05 bits per heavy atom. The number of hydrogen-bond acceptors (Lipinski definition) is 5. The zero-order valence-corrected chi connectivity index (χ0v) is 13.9. The minimum absolute atomic E-state index is 0.256. The number of alkyl carbamates (subject to hydrolysis) is 1. The first-order valence-corrected chi connectivity index (χ1v) is 7.75. The SMILES string of the molecule is CC(C)C[C@H](NC(=O)OC(C)(C)C)C(=O)Nc1nccs1. The van der Waals surface area contributed by atoms with Crippen molar-refractivity contribution in [1.29, 1.82) is 0 Å². The lowest BCUT2D eigenvalue weighted by molar-refractivity contribution is -0.118. The number of ether oxygens (including phenoxy) is 1. The maximum atomic E-state index is 12.2. The van der Waals surface area contributed by atoms with Gasteiger partial charge in [0.05, 0.1) is 0 Å². The fourth-order valence-electron chi connectivity index (χ4n) is 1.63. The van der Waals surface area contributed by atoms with E-state index in [1.807, 2.05) is 13.8 Å². The fourth-order valence-corrected chi connectivity index (χ4v) is 2.16. The van der Waals surface area contributed by atoms with Crippen LogP contribution in [0.3, 0.4) is 0 Å². The van der Waals surface area contributed by atoms with Crippen molar-refractivity contribution in [3.8, 4) is 0 Å². The molecule has 2 amide bonds. The molecule has 1 heterocycles. The molecule has 118 valence electrons. The third kappa shape index (κ3) is 7.08. The first kappa shape index (κ1) is 17.4. The van der Waals surface area contributed by atoms with Crippen molar-refractivity contribution in [3.63, 3.8) is 0 Å². The van der Waals surface area contributed by atoms with Crippen LogP contribution in [0.15, 0.2) is 11.6 Å². The second-order valence-electron chi connectivity index (χ2n) is 6.15. The molecule has 0 spiro atoms. The van der Waals surface area contributed by atoms with Crippen LogP contribution >= 0.6 is 11.3 Å². The average Bonchev–Trinajstić information content (AvgIpc) is 2.77. The summed E-state index contributed by atoms with van der Waals surface area (Å²) in [5, 5.41) is 7.60. The minimum atomic E-state index is -0.649. The molecule has 0 saturated heterocycles. The van der Waals surface area contributed by atoms with Gasteiger partial charge in [-0.2, -0.15) is 0 Å². The summed E-state index contributed by atoms with van der Waals surface area (Å²) in [6.07, 6.45) is 1.54. The highest BCUT2D eigenvalue weighted by Crippen LogP contribution is 2.14. The Morgan fingerprint density at radius 3 is 2.52 bits per heavy atom. The smallest absolute Gasteiger partial charge is 0.408 e. The average molecular weight is 313 g/mol. The Hall–Kier alpha value is -1.63. The highest BCUT2D eigenvalue weighted by Gasteiger charge is 2.25. The van der Waals surface area contributed by atoms with Crippen LogP contribution in [0.5, 0.6) is 0 Å². The van der Waals surface area contributed by atoms with Gasteiger partial charge in [0.1, 0.15) is 11.6 Å². The van der Waals surface area contributed by atoms with Crippen LogP contribution in [-0.4, -0.2) is 28.6 Å². The van der Waals surface area contributed by atoms with Crippen molar-refractivity contribution < 1.29 is 14.3 Å². The molecule has 1 aromatic rings. The molecule has 0 aliphatic carbocycles. The van der Waals surface area contributed by atoms with Crippen LogP contribution in [0.4, 0.5) is 9.93 Å². The van der Waals surface area contributed by atoms with Gasteiger partial charge in [0.15, 0.2) is 5.13 Å². The molecular weight excluding hydrogens is 290 g/mol. The van der Waals surface area contributed by atoms with Gasteiger partial charge in [-0.15, -0.1) is 11.3 Å². The summed E-state index contributed by atoms with van der Waals surface area (Å²) in [6, 6.07) is -0.649. The van der Waals surface area contributed by atoms with E-state index in [1.54, 1.807) is 32.3 Å². The highest BCUT2D eigenvalue weighted by atomic mass is 32.1. The number of hydrogen-bond donors (Lipinski definition) is 2. The predicted octanol–water partition coefficient (Wildman–Crippen LogP) is 3.02. The van der Waals surface area contributed by atoms with E-state index in [-0.39, 0.29) is 11.8 Å². The van der Waals surface area contributed by atoms with Crippen LogP contribution < -0.4 is 10.6 Å². The quantitative estimate of drug-likeness (QED) is 0.875. The molecular formula is C14H23N3O3S. The van der Waals surface area contributed by atoms with Gasteiger partial charge < -0.3 is 15.4 Å². The Bertz CT molecular complexity index is 466. The van der Waals surface area contributed by atoms with Gasteiger partial charge in [0, 0.05) is 11.6 Å². The van der Waals surface area contributed by atoms with Gasteiger partial charge in [0.2, 0.25) is 5.91 Å². The third-order valence-electron chi connectivity index (χ3n) is 2.38. The van der Waals surface area contributed by atoms with Crippen molar-refractivity contribution in [2.75, 3.05) is 5.32 Å². The molecule has 0 aromatic carbocycles. The number of amides is 2. The molecule has 1 aromatic heterocycles. The highest BCUT2D eigenvalue weighted by molar-refractivity contribution is 7.13. The topological polar surface area (TPSA) is 80.3 Å². The number of rotatable bonds is 5. The molecule has 0 aliphatic heterocycles. The van der Waals surface area contributed by atoms with E-state index in [2.05, 4.69) is 15.6 Å². The van der Waals surface area contributed by atoms with E-state index in [0.29, 0.717) is 11.6 Å². The number of thiazole rings is 1. The fraction of sp³-hybridized carbons (Fsp3) is 0.643. The zero-order chi connectivity index (χ0) is 16.0. The van der Waals surface area contributed by atoms with Crippen molar-refractivity contribution in [2.45, 2.75) is 52.7 Å². The summed E-state index contributed by atoms with van der Waals surface area (Å²) < 4.78 is 5.19. The third-order valence-corrected chi connectivity index (χ3v) is 3.07. The van der Waals surface area contributed by atoms with Gasteiger partial charge in [-0.1, -0.05) is 13.8 Å². The second kappa shape index (κ2) is 7.40. The van der Waals surface area contributed by atoms with Gasteiger partial charge in [-0.3, -0.25) is 4.79 Å². The summed E-state index contributed by atoms with van der Waals surface area (Å²) in [7, 11) is 0. The molecule has 0 radical (unpaired) electrons. The van der Waals surface area contributed by atoms with Gasteiger partial charge in [-0.25, -0.2) is 9.78 Å². The largest absolute Gasteiger partial charge is 0.444 e. The predicted molar refractivity (Wildman–Crippen MR) is 83.4 cm³/mol. The maximum absolute atomic E-state index is 12.2. The normalized spacial score (nSPS) is 12.9. The summed E-state index contributed by atoms with van der Waals surface area (Å²) in [5.74, 6) is -0.0310. The van der Waals surface area contributed by atoms with Crippen LogP contribution in [0.1, 0.15) is 41.0 Å². The summed E-state index contributed by atoms with van der Waals surface area (Å²) in [5.41, 5.74) is -0.599. The van der Waals surface area contributed by atoms with Crippen LogP contribution in [-0.2, 0) is 9.53 Å².